The van der Waals surface area contributed by atoms with Gasteiger partial charge in [0.2, 0.25) is 0 Å². The minimum absolute atomic E-state index is 0.274. The zero-order chi connectivity index (χ0) is 20.2. The highest BCUT2D eigenvalue weighted by Crippen LogP contribution is 2.40. The molecule has 4 aromatic rings. The standard InChI is InChI=1S/C22H12N2O4S2/c25-21-17-18(20(24-21)14-8-6-12(28-14)16-4-2-10-30-16)22(26)23-19(17)13-7-5-11(27-13)15-3-1-9-29-15/h1-10H,(H,23,26)(H,24,25). The van der Waals surface area contributed by atoms with Crippen molar-refractivity contribution in [2.45, 2.75) is 0 Å². The highest BCUT2D eigenvalue weighted by atomic mass is 32.1. The Morgan fingerprint density at radius 2 is 1.03 bits per heavy atom. The van der Waals surface area contributed by atoms with Crippen molar-refractivity contribution in [2.75, 3.05) is 0 Å². The first kappa shape index (κ1) is 17.3. The third kappa shape index (κ3) is 2.54. The predicted octanol–water partition coefficient (Wildman–Crippen LogP) is 4.71. The van der Waals surface area contributed by atoms with Gasteiger partial charge in [-0.25, -0.2) is 0 Å². The summed E-state index contributed by atoms with van der Waals surface area (Å²) in [6.07, 6.45) is 0. The van der Waals surface area contributed by atoms with E-state index in [0.29, 0.717) is 34.4 Å². The summed E-state index contributed by atoms with van der Waals surface area (Å²) in [5.74, 6) is 1.52. The Morgan fingerprint density at radius 1 is 0.600 bits per heavy atom. The Labute approximate surface area is 178 Å². The van der Waals surface area contributed by atoms with E-state index in [-0.39, 0.29) is 23.0 Å². The van der Waals surface area contributed by atoms with Crippen molar-refractivity contribution in [3.8, 4) is 21.3 Å². The summed E-state index contributed by atoms with van der Waals surface area (Å²) < 4.78 is 11.8. The predicted molar refractivity (Wildman–Crippen MR) is 114 cm³/mol. The van der Waals surface area contributed by atoms with Crippen molar-refractivity contribution >= 4 is 45.9 Å². The molecule has 0 aromatic carbocycles. The maximum absolute atomic E-state index is 12.8. The second kappa shape index (κ2) is 6.45. The maximum Gasteiger partial charge on any atom is 0.258 e. The van der Waals surface area contributed by atoms with Gasteiger partial charge in [0.25, 0.3) is 11.8 Å². The molecular formula is C22H12N2O4S2. The second-order valence-corrected chi connectivity index (χ2v) is 8.59. The molecule has 0 unspecified atom stereocenters. The molecule has 0 saturated carbocycles. The van der Waals surface area contributed by atoms with Gasteiger partial charge in [-0.15, -0.1) is 22.7 Å². The SMILES string of the molecule is O=C1NC(c2ccc(-c3cccs3)o2)=C2C(=O)NC(c3ccc(-c4cccs4)o3)=C12. The molecule has 6 heterocycles. The van der Waals surface area contributed by atoms with Crippen LogP contribution in [0.3, 0.4) is 0 Å². The van der Waals surface area contributed by atoms with E-state index >= 15 is 0 Å². The van der Waals surface area contributed by atoms with Gasteiger partial charge in [-0.2, -0.15) is 0 Å². The number of amides is 2. The molecule has 8 heteroatoms. The zero-order valence-corrected chi connectivity index (χ0v) is 16.9. The summed E-state index contributed by atoms with van der Waals surface area (Å²) in [5, 5.41) is 9.50. The van der Waals surface area contributed by atoms with Gasteiger partial charge in [-0.3, -0.25) is 9.59 Å². The lowest BCUT2D eigenvalue weighted by atomic mass is 10.1. The smallest absolute Gasteiger partial charge is 0.258 e. The average molecular weight is 432 g/mol. The van der Waals surface area contributed by atoms with Crippen molar-refractivity contribution in [3.05, 3.63) is 82.0 Å². The maximum atomic E-state index is 12.8. The van der Waals surface area contributed by atoms with Crippen LogP contribution in [0.2, 0.25) is 0 Å². The third-order valence-electron chi connectivity index (χ3n) is 4.91. The molecular weight excluding hydrogens is 420 g/mol. The molecule has 2 amide bonds. The quantitative estimate of drug-likeness (QED) is 0.489. The van der Waals surface area contributed by atoms with E-state index in [4.69, 9.17) is 8.83 Å². The molecule has 2 aliphatic rings. The van der Waals surface area contributed by atoms with E-state index in [9.17, 15) is 9.59 Å². The highest BCUT2D eigenvalue weighted by Gasteiger charge is 2.42. The van der Waals surface area contributed by atoms with Crippen molar-refractivity contribution in [1.82, 2.24) is 10.6 Å². The van der Waals surface area contributed by atoms with Gasteiger partial charge in [0, 0.05) is 0 Å². The molecule has 30 heavy (non-hydrogen) atoms. The normalized spacial score (nSPS) is 15.7. The third-order valence-corrected chi connectivity index (χ3v) is 6.68. The van der Waals surface area contributed by atoms with E-state index in [1.165, 1.54) is 0 Å². The van der Waals surface area contributed by atoms with Gasteiger partial charge in [-0.1, -0.05) is 12.1 Å². The molecule has 0 saturated heterocycles. The molecule has 2 N–H and O–H groups in total. The lowest BCUT2D eigenvalue weighted by Crippen LogP contribution is -2.21. The summed E-state index contributed by atoms with van der Waals surface area (Å²) in [4.78, 5) is 27.5. The first-order valence-corrected chi connectivity index (χ1v) is 10.8. The van der Waals surface area contributed by atoms with Gasteiger partial charge < -0.3 is 19.5 Å². The topological polar surface area (TPSA) is 84.5 Å². The van der Waals surface area contributed by atoms with E-state index < -0.39 is 0 Å². The molecule has 0 atom stereocenters. The summed E-state index contributed by atoms with van der Waals surface area (Å²) in [5.41, 5.74) is 1.29. The molecule has 0 spiro atoms. The van der Waals surface area contributed by atoms with E-state index in [1.54, 1.807) is 34.8 Å². The van der Waals surface area contributed by atoms with Crippen LogP contribution in [0.1, 0.15) is 11.5 Å². The number of thiophene rings is 2. The number of fused-ring (bicyclic) bond motifs is 1. The van der Waals surface area contributed by atoms with Gasteiger partial charge in [0.1, 0.15) is 11.5 Å². The molecule has 6 nitrogen and oxygen atoms in total. The zero-order valence-electron chi connectivity index (χ0n) is 15.2. The molecule has 0 bridgehead atoms. The van der Waals surface area contributed by atoms with Crippen molar-refractivity contribution < 1.29 is 18.4 Å². The van der Waals surface area contributed by atoms with Gasteiger partial charge in [0.05, 0.1) is 32.3 Å². The largest absolute Gasteiger partial charge is 0.454 e. The van der Waals surface area contributed by atoms with E-state index in [0.717, 1.165) is 9.75 Å². The Hall–Kier alpha value is -3.62. The lowest BCUT2D eigenvalue weighted by molar-refractivity contribution is -0.117. The lowest BCUT2D eigenvalue weighted by Gasteiger charge is -2.03. The van der Waals surface area contributed by atoms with Gasteiger partial charge >= 0.3 is 0 Å². The van der Waals surface area contributed by atoms with Gasteiger partial charge in [0.15, 0.2) is 11.5 Å². The number of carbonyl (C=O) groups is 2. The van der Waals surface area contributed by atoms with E-state index in [1.807, 2.05) is 47.2 Å². The fraction of sp³-hybridized carbons (Fsp3) is 0. The average Bonchev–Trinajstić information content (AvgIpc) is 3.54. The fourth-order valence-corrected chi connectivity index (χ4v) is 4.97. The Kier molecular flexibility index (Phi) is 3.71. The molecule has 4 aromatic heterocycles. The van der Waals surface area contributed by atoms with Crippen molar-refractivity contribution in [1.29, 1.82) is 0 Å². The minimum atomic E-state index is -0.364. The molecule has 0 fully saturated rings. The molecule has 2 aliphatic heterocycles. The molecule has 0 radical (unpaired) electrons. The summed E-state index contributed by atoms with van der Waals surface area (Å²) in [6, 6.07) is 14.9. The molecule has 146 valence electrons. The molecule has 6 rings (SSSR count). The van der Waals surface area contributed by atoms with Crippen LogP contribution in [0.25, 0.3) is 32.7 Å². The number of hydrogen-bond donors (Lipinski definition) is 2. The monoisotopic (exact) mass is 432 g/mol. The second-order valence-electron chi connectivity index (χ2n) is 6.69. The van der Waals surface area contributed by atoms with E-state index in [2.05, 4.69) is 10.6 Å². The summed E-state index contributed by atoms with van der Waals surface area (Å²) >= 11 is 3.11. The van der Waals surface area contributed by atoms with Crippen LogP contribution in [0.15, 0.2) is 79.3 Å². The fourth-order valence-electron chi connectivity index (χ4n) is 3.60. The Balaban J connectivity index is 1.43. The van der Waals surface area contributed by atoms with Crippen LogP contribution in [0.5, 0.6) is 0 Å². The van der Waals surface area contributed by atoms with Crippen LogP contribution in [-0.2, 0) is 9.59 Å². The van der Waals surface area contributed by atoms with Gasteiger partial charge in [-0.05, 0) is 47.2 Å². The first-order valence-electron chi connectivity index (χ1n) is 9.09. The Bertz CT molecular complexity index is 1260. The number of carbonyl (C=O) groups excluding carboxylic acids is 2. The summed E-state index contributed by atoms with van der Waals surface area (Å²) in [7, 11) is 0. The van der Waals surface area contributed by atoms with Crippen LogP contribution in [0.4, 0.5) is 0 Å². The number of nitrogens with one attached hydrogen (secondary N) is 2. The van der Waals surface area contributed by atoms with Crippen molar-refractivity contribution in [3.63, 3.8) is 0 Å². The number of hydrogen-bond acceptors (Lipinski definition) is 6. The first-order chi connectivity index (χ1) is 14.7. The van der Waals surface area contributed by atoms with Crippen LogP contribution < -0.4 is 10.6 Å². The minimum Gasteiger partial charge on any atom is -0.454 e. The highest BCUT2D eigenvalue weighted by molar-refractivity contribution is 7.13. The van der Waals surface area contributed by atoms with Crippen LogP contribution in [-0.4, -0.2) is 11.8 Å². The Morgan fingerprint density at radius 3 is 1.43 bits per heavy atom. The number of furan rings is 2. The van der Waals surface area contributed by atoms with Crippen LogP contribution >= 0.6 is 22.7 Å². The number of rotatable bonds is 4. The van der Waals surface area contributed by atoms with Crippen molar-refractivity contribution in [2.24, 2.45) is 0 Å². The van der Waals surface area contributed by atoms with Crippen LogP contribution in [0, 0.1) is 0 Å². The summed E-state index contributed by atoms with van der Waals surface area (Å²) in [6.45, 7) is 0. The molecule has 0 aliphatic carbocycles.